The molecule has 0 bridgehead atoms. The summed E-state index contributed by atoms with van der Waals surface area (Å²) < 4.78 is 5.26. The summed E-state index contributed by atoms with van der Waals surface area (Å²) in [5.41, 5.74) is 1.14. The van der Waals surface area contributed by atoms with E-state index in [0.29, 0.717) is 6.04 Å². The molecule has 2 rings (SSSR count). The SMILES string of the molecule is CCCNc1cccc(CN(CCOC)C(C)C2CC2)n1. The van der Waals surface area contributed by atoms with Gasteiger partial charge in [0, 0.05) is 32.8 Å². The Kier molecular flexibility index (Phi) is 6.46. The average Bonchev–Trinajstić information content (AvgIpc) is 3.34. The number of pyridine rings is 1. The predicted octanol–water partition coefficient (Wildman–Crippen LogP) is 3.15. The van der Waals surface area contributed by atoms with Crippen LogP contribution in [-0.2, 0) is 11.3 Å². The van der Waals surface area contributed by atoms with Gasteiger partial charge in [-0.1, -0.05) is 13.0 Å². The molecule has 0 aliphatic heterocycles. The van der Waals surface area contributed by atoms with Crippen molar-refractivity contribution in [3.05, 3.63) is 23.9 Å². The molecule has 21 heavy (non-hydrogen) atoms. The first-order chi connectivity index (χ1) is 10.2. The number of anilines is 1. The molecule has 1 saturated carbocycles. The Hall–Kier alpha value is -1.13. The van der Waals surface area contributed by atoms with Gasteiger partial charge in [0.05, 0.1) is 12.3 Å². The number of rotatable bonds is 10. The third kappa shape index (κ3) is 5.29. The fourth-order valence-electron chi connectivity index (χ4n) is 2.64. The van der Waals surface area contributed by atoms with Crippen LogP contribution in [0.25, 0.3) is 0 Å². The van der Waals surface area contributed by atoms with Gasteiger partial charge in [-0.3, -0.25) is 4.90 Å². The first-order valence-corrected chi connectivity index (χ1v) is 8.17. The summed E-state index contributed by atoms with van der Waals surface area (Å²) in [7, 11) is 1.77. The minimum Gasteiger partial charge on any atom is -0.383 e. The summed E-state index contributed by atoms with van der Waals surface area (Å²) in [6, 6.07) is 6.88. The third-order valence-corrected chi connectivity index (χ3v) is 4.19. The molecule has 1 atom stereocenters. The van der Waals surface area contributed by atoms with Gasteiger partial charge in [0.1, 0.15) is 5.82 Å². The van der Waals surface area contributed by atoms with E-state index in [-0.39, 0.29) is 0 Å². The minimum absolute atomic E-state index is 0.620. The minimum atomic E-state index is 0.620. The molecular weight excluding hydrogens is 262 g/mol. The molecule has 4 nitrogen and oxygen atoms in total. The number of hydrogen-bond acceptors (Lipinski definition) is 4. The third-order valence-electron chi connectivity index (χ3n) is 4.19. The lowest BCUT2D eigenvalue weighted by Gasteiger charge is -2.28. The van der Waals surface area contributed by atoms with Crippen molar-refractivity contribution in [2.75, 3.05) is 32.1 Å². The number of methoxy groups -OCH3 is 1. The van der Waals surface area contributed by atoms with Crippen molar-refractivity contribution < 1.29 is 4.74 Å². The van der Waals surface area contributed by atoms with Crippen LogP contribution in [0, 0.1) is 5.92 Å². The van der Waals surface area contributed by atoms with Gasteiger partial charge in [0.25, 0.3) is 0 Å². The van der Waals surface area contributed by atoms with E-state index in [1.54, 1.807) is 7.11 Å². The van der Waals surface area contributed by atoms with Crippen molar-refractivity contribution in [3.63, 3.8) is 0 Å². The Bertz CT molecular complexity index is 420. The first-order valence-electron chi connectivity index (χ1n) is 8.17. The molecule has 0 radical (unpaired) electrons. The van der Waals surface area contributed by atoms with Gasteiger partial charge in [-0.15, -0.1) is 0 Å². The van der Waals surface area contributed by atoms with E-state index in [0.717, 1.165) is 50.1 Å². The quantitative estimate of drug-likeness (QED) is 0.718. The summed E-state index contributed by atoms with van der Waals surface area (Å²) >= 11 is 0. The van der Waals surface area contributed by atoms with E-state index in [1.807, 2.05) is 6.07 Å². The summed E-state index contributed by atoms with van der Waals surface area (Å²) in [4.78, 5) is 7.23. The second kappa shape index (κ2) is 8.35. The van der Waals surface area contributed by atoms with Crippen molar-refractivity contribution in [2.45, 2.75) is 45.7 Å². The normalized spacial score (nSPS) is 16.2. The van der Waals surface area contributed by atoms with Gasteiger partial charge in [-0.05, 0) is 44.2 Å². The summed E-state index contributed by atoms with van der Waals surface area (Å²) in [6.07, 6.45) is 3.86. The van der Waals surface area contributed by atoms with Gasteiger partial charge < -0.3 is 10.1 Å². The lowest BCUT2D eigenvalue weighted by molar-refractivity contribution is 0.111. The number of nitrogens with one attached hydrogen (secondary N) is 1. The average molecular weight is 291 g/mol. The van der Waals surface area contributed by atoms with E-state index in [4.69, 9.17) is 9.72 Å². The Labute approximate surface area is 128 Å². The Morgan fingerprint density at radius 1 is 1.43 bits per heavy atom. The zero-order valence-electron chi connectivity index (χ0n) is 13.6. The molecule has 1 aliphatic rings. The first kappa shape index (κ1) is 16.2. The summed E-state index contributed by atoms with van der Waals surface area (Å²) in [5.74, 6) is 1.85. The smallest absolute Gasteiger partial charge is 0.126 e. The zero-order chi connectivity index (χ0) is 15.1. The second-order valence-electron chi connectivity index (χ2n) is 5.98. The lowest BCUT2D eigenvalue weighted by Crippen LogP contribution is -2.36. The molecule has 1 fully saturated rings. The number of nitrogens with zero attached hydrogens (tertiary/aromatic N) is 2. The van der Waals surface area contributed by atoms with Crippen LogP contribution >= 0.6 is 0 Å². The molecule has 1 unspecified atom stereocenters. The van der Waals surface area contributed by atoms with Crippen LogP contribution in [0.3, 0.4) is 0 Å². The number of hydrogen-bond donors (Lipinski definition) is 1. The largest absolute Gasteiger partial charge is 0.383 e. The number of aromatic nitrogens is 1. The van der Waals surface area contributed by atoms with Crippen molar-refractivity contribution in [3.8, 4) is 0 Å². The van der Waals surface area contributed by atoms with E-state index >= 15 is 0 Å². The lowest BCUT2D eigenvalue weighted by atomic mass is 10.1. The van der Waals surface area contributed by atoms with E-state index < -0.39 is 0 Å². The maximum atomic E-state index is 5.26. The molecule has 1 heterocycles. The van der Waals surface area contributed by atoms with Gasteiger partial charge in [-0.2, -0.15) is 0 Å². The summed E-state index contributed by atoms with van der Waals surface area (Å²) in [5, 5.41) is 3.36. The van der Waals surface area contributed by atoms with Crippen molar-refractivity contribution in [1.82, 2.24) is 9.88 Å². The van der Waals surface area contributed by atoms with Crippen molar-refractivity contribution in [1.29, 1.82) is 0 Å². The van der Waals surface area contributed by atoms with Crippen LogP contribution in [-0.4, -0.2) is 42.7 Å². The molecule has 0 aromatic carbocycles. The zero-order valence-corrected chi connectivity index (χ0v) is 13.6. The molecule has 1 aromatic heterocycles. The molecule has 4 heteroatoms. The van der Waals surface area contributed by atoms with Gasteiger partial charge >= 0.3 is 0 Å². The summed E-state index contributed by atoms with van der Waals surface area (Å²) in [6.45, 7) is 8.14. The molecule has 0 amide bonds. The van der Waals surface area contributed by atoms with Crippen molar-refractivity contribution in [2.24, 2.45) is 5.92 Å². The highest BCUT2D eigenvalue weighted by Crippen LogP contribution is 2.35. The van der Waals surface area contributed by atoms with Crippen LogP contribution in [0.4, 0.5) is 5.82 Å². The van der Waals surface area contributed by atoms with Crippen LogP contribution in [0.15, 0.2) is 18.2 Å². The van der Waals surface area contributed by atoms with Crippen molar-refractivity contribution >= 4 is 5.82 Å². The molecule has 0 saturated heterocycles. The molecule has 1 aliphatic carbocycles. The highest BCUT2D eigenvalue weighted by atomic mass is 16.5. The number of ether oxygens (including phenoxy) is 1. The second-order valence-corrected chi connectivity index (χ2v) is 5.98. The van der Waals surface area contributed by atoms with Gasteiger partial charge in [0.2, 0.25) is 0 Å². The van der Waals surface area contributed by atoms with Crippen LogP contribution in [0.1, 0.15) is 38.8 Å². The van der Waals surface area contributed by atoms with Crippen LogP contribution in [0.2, 0.25) is 0 Å². The highest BCUT2D eigenvalue weighted by Gasteiger charge is 2.31. The fourth-order valence-corrected chi connectivity index (χ4v) is 2.64. The maximum Gasteiger partial charge on any atom is 0.126 e. The van der Waals surface area contributed by atoms with Gasteiger partial charge in [0.15, 0.2) is 0 Å². The molecule has 118 valence electrons. The van der Waals surface area contributed by atoms with Crippen LogP contribution < -0.4 is 5.32 Å². The fraction of sp³-hybridized carbons (Fsp3) is 0.706. The molecular formula is C17H29N3O. The van der Waals surface area contributed by atoms with E-state index in [1.165, 1.54) is 12.8 Å². The molecule has 1 N–H and O–H groups in total. The van der Waals surface area contributed by atoms with Crippen LogP contribution in [0.5, 0.6) is 0 Å². The Morgan fingerprint density at radius 2 is 2.24 bits per heavy atom. The predicted molar refractivity (Wildman–Crippen MR) is 87.5 cm³/mol. The van der Waals surface area contributed by atoms with E-state index in [2.05, 4.69) is 36.2 Å². The Balaban J connectivity index is 1.97. The monoisotopic (exact) mass is 291 g/mol. The molecule has 0 spiro atoms. The molecule has 1 aromatic rings. The maximum absolute atomic E-state index is 5.26. The standard InChI is InChI=1S/C17H29N3O/c1-4-10-18-17-7-5-6-16(19-17)13-20(11-12-21-3)14(2)15-8-9-15/h5-7,14-15H,4,8-13H2,1-3H3,(H,18,19). The van der Waals surface area contributed by atoms with E-state index in [9.17, 15) is 0 Å². The topological polar surface area (TPSA) is 37.4 Å². The highest BCUT2D eigenvalue weighted by molar-refractivity contribution is 5.35. The Morgan fingerprint density at radius 3 is 2.90 bits per heavy atom. The van der Waals surface area contributed by atoms with Gasteiger partial charge in [-0.25, -0.2) is 4.98 Å².